The molecule has 25 heavy (non-hydrogen) atoms. The maximum Gasteiger partial charge on any atom is 0.291 e. The third kappa shape index (κ3) is 3.62. The molecule has 0 bridgehead atoms. The van der Waals surface area contributed by atoms with E-state index in [1.165, 1.54) is 16.6 Å². The van der Waals surface area contributed by atoms with Crippen LogP contribution in [0.15, 0.2) is 39.8 Å². The van der Waals surface area contributed by atoms with Crippen LogP contribution >= 0.6 is 0 Å². The van der Waals surface area contributed by atoms with Gasteiger partial charge in [0.15, 0.2) is 5.76 Å². The molecule has 0 unspecified atom stereocenters. The lowest BCUT2D eigenvalue weighted by atomic mass is 10.2. The highest BCUT2D eigenvalue weighted by molar-refractivity contribution is 7.89. The number of rotatable bonds is 4. The topological polar surface area (TPSA) is 79.6 Å². The van der Waals surface area contributed by atoms with Crippen molar-refractivity contribution in [2.45, 2.75) is 38.0 Å². The van der Waals surface area contributed by atoms with E-state index in [2.05, 4.69) is 5.32 Å². The fourth-order valence-electron chi connectivity index (χ4n) is 2.99. The number of sulfonamides is 1. The Morgan fingerprint density at radius 3 is 2.44 bits per heavy atom. The highest BCUT2D eigenvalue weighted by Crippen LogP contribution is 2.26. The average Bonchev–Trinajstić information content (AvgIpc) is 3.03. The number of aryl methyl sites for hydroxylation is 2. The van der Waals surface area contributed by atoms with Gasteiger partial charge in [0, 0.05) is 24.3 Å². The molecule has 1 saturated heterocycles. The number of anilines is 1. The molecule has 3 rings (SSSR count). The summed E-state index contributed by atoms with van der Waals surface area (Å²) in [5.41, 5.74) is 1.82. The van der Waals surface area contributed by atoms with Crippen molar-refractivity contribution in [2.75, 3.05) is 18.4 Å². The van der Waals surface area contributed by atoms with Crippen LogP contribution < -0.4 is 5.32 Å². The molecule has 0 aliphatic carbocycles. The predicted octanol–water partition coefficient (Wildman–Crippen LogP) is 3.32. The van der Waals surface area contributed by atoms with Crippen LogP contribution in [0.25, 0.3) is 0 Å². The number of nitrogens with zero attached hydrogens (tertiary/aromatic N) is 1. The van der Waals surface area contributed by atoms with Gasteiger partial charge in [-0.05, 0) is 50.5 Å². The highest BCUT2D eigenvalue weighted by Gasteiger charge is 2.27. The van der Waals surface area contributed by atoms with Crippen molar-refractivity contribution in [2.24, 2.45) is 0 Å². The molecule has 1 amide bonds. The summed E-state index contributed by atoms with van der Waals surface area (Å²) in [4.78, 5) is 12.5. The van der Waals surface area contributed by atoms with Gasteiger partial charge in [0.25, 0.3) is 5.91 Å². The number of piperidine rings is 1. The molecule has 0 radical (unpaired) electrons. The van der Waals surface area contributed by atoms with Gasteiger partial charge >= 0.3 is 0 Å². The molecular weight excluding hydrogens is 340 g/mol. The number of benzene rings is 1. The van der Waals surface area contributed by atoms with Crippen molar-refractivity contribution >= 4 is 21.6 Å². The minimum absolute atomic E-state index is 0.223. The van der Waals surface area contributed by atoms with E-state index in [0.29, 0.717) is 24.3 Å². The van der Waals surface area contributed by atoms with E-state index in [-0.39, 0.29) is 10.7 Å². The first-order chi connectivity index (χ1) is 11.9. The monoisotopic (exact) mass is 362 g/mol. The molecular formula is C18H22N2O4S. The molecule has 2 heterocycles. The lowest BCUT2D eigenvalue weighted by Gasteiger charge is -2.26. The van der Waals surface area contributed by atoms with Crippen molar-refractivity contribution in [3.05, 3.63) is 47.4 Å². The van der Waals surface area contributed by atoms with Crippen molar-refractivity contribution in [3.8, 4) is 0 Å². The molecule has 7 heteroatoms. The quantitative estimate of drug-likeness (QED) is 0.905. The summed E-state index contributed by atoms with van der Waals surface area (Å²) in [5, 5.41) is 2.71. The second-order valence-electron chi connectivity index (χ2n) is 6.33. The summed E-state index contributed by atoms with van der Waals surface area (Å²) in [5.74, 6) is -0.173. The Hall–Kier alpha value is -2.12. The molecule has 1 aliphatic heterocycles. The van der Waals surface area contributed by atoms with Gasteiger partial charge < -0.3 is 9.73 Å². The van der Waals surface area contributed by atoms with E-state index < -0.39 is 15.9 Å². The molecule has 0 spiro atoms. The van der Waals surface area contributed by atoms with Crippen LogP contribution in [0.4, 0.5) is 5.69 Å². The number of carbonyl (C=O) groups is 1. The van der Waals surface area contributed by atoms with E-state index in [1.54, 1.807) is 32.0 Å². The Morgan fingerprint density at radius 2 is 1.80 bits per heavy atom. The van der Waals surface area contributed by atoms with E-state index in [1.807, 2.05) is 0 Å². The van der Waals surface area contributed by atoms with Gasteiger partial charge in [0.05, 0.1) is 11.2 Å². The fraction of sp³-hybridized carbons (Fsp3) is 0.389. The molecule has 1 aliphatic rings. The normalized spacial score (nSPS) is 15.9. The standard InChI is InChI=1S/C18H22N2O4S/c1-13-6-7-15(19-18(21)17-14(2)8-11-24-17)12-16(13)25(22,23)20-9-4-3-5-10-20/h6-8,11-12H,3-5,9-10H2,1-2H3,(H,19,21). The van der Waals surface area contributed by atoms with Crippen LogP contribution in [0.5, 0.6) is 0 Å². The van der Waals surface area contributed by atoms with Crippen molar-refractivity contribution in [1.82, 2.24) is 4.31 Å². The first kappa shape index (κ1) is 17.7. The first-order valence-corrected chi connectivity index (χ1v) is 9.80. The maximum absolute atomic E-state index is 12.9. The number of hydrogen-bond donors (Lipinski definition) is 1. The van der Waals surface area contributed by atoms with Crippen LogP contribution in [0, 0.1) is 13.8 Å². The summed E-state index contributed by atoms with van der Waals surface area (Å²) < 4.78 is 32.6. The number of hydrogen-bond acceptors (Lipinski definition) is 4. The molecule has 2 aromatic rings. The van der Waals surface area contributed by atoms with Crippen molar-refractivity contribution in [1.29, 1.82) is 0 Å². The Labute approximate surface area is 147 Å². The molecule has 0 atom stereocenters. The Morgan fingerprint density at radius 1 is 1.08 bits per heavy atom. The maximum atomic E-state index is 12.9. The van der Waals surface area contributed by atoms with Crippen molar-refractivity contribution < 1.29 is 17.6 Å². The minimum atomic E-state index is -3.55. The minimum Gasteiger partial charge on any atom is -0.459 e. The molecule has 0 saturated carbocycles. The smallest absolute Gasteiger partial charge is 0.291 e. The van der Waals surface area contributed by atoms with Gasteiger partial charge in [-0.1, -0.05) is 12.5 Å². The molecule has 1 fully saturated rings. The third-order valence-electron chi connectivity index (χ3n) is 4.45. The van der Waals surface area contributed by atoms with Gasteiger partial charge in [0.1, 0.15) is 0 Å². The largest absolute Gasteiger partial charge is 0.459 e. The van der Waals surface area contributed by atoms with E-state index in [0.717, 1.165) is 24.8 Å². The molecule has 1 N–H and O–H groups in total. The van der Waals surface area contributed by atoms with Crippen LogP contribution in [0.2, 0.25) is 0 Å². The summed E-state index contributed by atoms with van der Waals surface area (Å²) in [6.07, 6.45) is 4.27. The predicted molar refractivity (Wildman–Crippen MR) is 95.2 cm³/mol. The zero-order chi connectivity index (χ0) is 18.0. The lowest BCUT2D eigenvalue weighted by Crippen LogP contribution is -2.36. The third-order valence-corrected chi connectivity index (χ3v) is 6.49. The average molecular weight is 362 g/mol. The first-order valence-electron chi connectivity index (χ1n) is 8.36. The van der Waals surface area contributed by atoms with E-state index >= 15 is 0 Å². The van der Waals surface area contributed by atoms with Crippen LogP contribution in [-0.4, -0.2) is 31.7 Å². The zero-order valence-electron chi connectivity index (χ0n) is 14.4. The van der Waals surface area contributed by atoms with Gasteiger partial charge in [-0.2, -0.15) is 4.31 Å². The van der Waals surface area contributed by atoms with Gasteiger partial charge in [0.2, 0.25) is 10.0 Å². The molecule has 1 aromatic carbocycles. The molecule has 134 valence electrons. The van der Waals surface area contributed by atoms with Crippen LogP contribution in [0.1, 0.15) is 40.9 Å². The SMILES string of the molecule is Cc1ccc(NC(=O)c2occc2C)cc1S(=O)(=O)N1CCCCC1. The second-order valence-corrected chi connectivity index (χ2v) is 8.24. The number of carbonyl (C=O) groups excluding carboxylic acids is 1. The number of nitrogens with one attached hydrogen (secondary N) is 1. The Bertz CT molecular complexity index is 880. The second kappa shape index (κ2) is 7.01. The summed E-state index contributed by atoms with van der Waals surface area (Å²) in [7, 11) is -3.55. The lowest BCUT2D eigenvalue weighted by molar-refractivity contribution is 0.0996. The van der Waals surface area contributed by atoms with Crippen molar-refractivity contribution in [3.63, 3.8) is 0 Å². The number of furan rings is 1. The molecule has 1 aromatic heterocycles. The van der Waals surface area contributed by atoms with Gasteiger partial charge in [-0.25, -0.2) is 8.42 Å². The summed E-state index contributed by atoms with van der Waals surface area (Å²) >= 11 is 0. The highest BCUT2D eigenvalue weighted by atomic mass is 32.2. The summed E-state index contributed by atoms with van der Waals surface area (Å²) in [6.45, 7) is 4.63. The summed E-state index contributed by atoms with van der Waals surface area (Å²) in [6, 6.07) is 6.63. The Balaban J connectivity index is 1.88. The zero-order valence-corrected chi connectivity index (χ0v) is 15.2. The fourth-order valence-corrected chi connectivity index (χ4v) is 4.76. The van der Waals surface area contributed by atoms with E-state index in [9.17, 15) is 13.2 Å². The number of amides is 1. The van der Waals surface area contributed by atoms with Crippen LogP contribution in [0.3, 0.4) is 0 Å². The van der Waals surface area contributed by atoms with Gasteiger partial charge in [-0.15, -0.1) is 0 Å². The molecule has 6 nitrogen and oxygen atoms in total. The van der Waals surface area contributed by atoms with E-state index in [4.69, 9.17) is 4.42 Å². The van der Waals surface area contributed by atoms with Crippen LogP contribution in [-0.2, 0) is 10.0 Å². The van der Waals surface area contributed by atoms with Gasteiger partial charge in [-0.3, -0.25) is 4.79 Å². The Kier molecular flexibility index (Phi) is 4.96.